The maximum atomic E-state index is 11.2. The van der Waals surface area contributed by atoms with Crippen molar-refractivity contribution in [1.82, 2.24) is 10.6 Å². The minimum Gasteiger partial charge on any atom is -0.479 e. The van der Waals surface area contributed by atoms with E-state index in [0.29, 0.717) is 13.2 Å². The third kappa shape index (κ3) is 6.69. The summed E-state index contributed by atoms with van der Waals surface area (Å²) in [6.45, 7) is 6.34. The first kappa shape index (κ1) is 14.3. The van der Waals surface area contributed by atoms with Crippen LogP contribution in [0.3, 0.4) is 0 Å². The van der Waals surface area contributed by atoms with E-state index in [-0.39, 0.29) is 12.5 Å². The minimum atomic E-state index is -0.553. The molecule has 0 radical (unpaired) electrons. The van der Waals surface area contributed by atoms with Gasteiger partial charge in [-0.2, -0.15) is 0 Å². The molecule has 0 rings (SSSR count). The van der Waals surface area contributed by atoms with E-state index in [0.717, 1.165) is 6.08 Å². The summed E-state index contributed by atoms with van der Waals surface area (Å²) in [4.78, 5) is 22.3. The Hall–Kier alpha value is -1.72. The lowest BCUT2D eigenvalue weighted by Gasteiger charge is -2.10. The van der Waals surface area contributed by atoms with Gasteiger partial charge in [0.2, 0.25) is 5.88 Å². The van der Waals surface area contributed by atoms with Crippen LogP contribution in [0.4, 0.5) is 4.79 Å². The van der Waals surface area contributed by atoms with Crippen LogP contribution in [0.25, 0.3) is 0 Å². The molecular weight excluding hydrogens is 212 g/mol. The summed E-state index contributed by atoms with van der Waals surface area (Å²) in [5, 5.41) is 4.91. The number of urea groups is 1. The molecule has 0 aliphatic heterocycles. The second-order valence-corrected chi connectivity index (χ2v) is 2.68. The molecule has 2 N–H and O–H groups in total. The van der Waals surface area contributed by atoms with Crippen LogP contribution in [-0.4, -0.2) is 31.8 Å². The summed E-state index contributed by atoms with van der Waals surface area (Å²) < 4.78 is 9.76. The predicted molar refractivity (Wildman–Crippen MR) is 58.6 cm³/mol. The molecule has 0 aromatic heterocycles. The average Bonchev–Trinajstić information content (AvgIpc) is 2.18. The maximum absolute atomic E-state index is 11.2. The molecule has 0 aliphatic carbocycles. The van der Waals surface area contributed by atoms with Crippen LogP contribution >= 0.6 is 0 Å². The van der Waals surface area contributed by atoms with Gasteiger partial charge >= 0.3 is 12.0 Å². The standard InChI is InChI=1S/C10H18N2O4/c1-4-11-10(14)12-8(15-5-2)7-9(13)16-6-3/h7H,4-6H2,1-3H3,(H2,11,12,14)/b8-7+. The van der Waals surface area contributed by atoms with Crippen molar-refractivity contribution >= 4 is 12.0 Å². The third-order valence-corrected chi connectivity index (χ3v) is 1.41. The van der Waals surface area contributed by atoms with E-state index < -0.39 is 12.0 Å². The lowest BCUT2D eigenvalue weighted by atomic mass is 10.5. The van der Waals surface area contributed by atoms with Gasteiger partial charge in [0.05, 0.1) is 19.3 Å². The number of hydrogen-bond donors (Lipinski definition) is 2. The Morgan fingerprint density at radius 1 is 1.12 bits per heavy atom. The molecule has 0 aromatic carbocycles. The lowest BCUT2D eigenvalue weighted by molar-refractivity contribution is -0.137. The fraction of sp³-hybridized carbons (Fsp3) is 0.600. The molecule has 0 saturated heterocycles. The molecule has 0 atom stereocenters. The Kier molecular flexibility index (Phi) is 7.66. The molecule has 0 bridgehead atoms. The van der Waals surface area contributed by atoms with Crippen molar-refractivity contribution < 1.29 is 19.1 Å². The van der Waals surface area contributed by atoms with Gasteiger partial charge in [-0.05, 0) is 20.8 Å². The van der Waals surface area contributed by atoms with E-state index in [1.54, 1.807) is 20.8 Å². The zero-order chi connectivity index (χ0) is 12.4. The van der Waals surface area contributed by atoms with Crippen LogP contribution in [0.5, 0.6) is 0 Å². The molecule has 0 fully saturated rings. The number of hydrogen-bond acceptors (Lipinski definition) is 4. The van der Waals surface area contributed by atoms with Crippen LogP contribution in [0.2, 0.25) is 0 Å². The summed E-state index contributed by atoms with van der Waals surface area (Å²) in [5.74, 6) is -0.477. The molecule has 0 saturated carbocycles. The van der Waals surface area contributed by atoms with Gasteiger partial charge in [-0.1, -0.05) is 0 Å². The van der Waals surface area contributed by atoms with Crippen molar-refractivity contribution in [2.24, 2.45) is 0 Å². The fourth-order valence-corrected chi connectivity index (χ4v) is 0.877. The van der Waals surface area contributed by atoms with Gasteiger partial charge in [0, 0.05) is 6.54 Å². The molecule has 2 amide bonds. The third-order valence-electron chi connectivity index (χ3n) is 1.41. The van der Waals surface area contributed by atoms with Gasteiger partial charge in [-0.25, -0.2) is 9.59 Å². The fourth-order valence-electron chi connectivity index (χ4n) is 0.877. The summed E-state index contributed by atoms with van der Waals surface area (Å²) in [6, 6.07) is -0.425. The highest BCUT2D eigenvalue weighted by atomic mass is 16.5. The smallest absolute Gasteiger partial charge is 0.336 e. The first-order valence-electron chi connectivity index (χ1n) is 5.20. The highest BCUT2D eigenvalue weighted by Crippen LogP contribution is 1.94. The molecule has 0 heterocycles. The summed E-state index contributed by atoms with van der Waals surface area (Å²) in [7, 11) is 0. The van der Waals surface area contributed by atoms with Gasteiger partial charge in [0.15, 0.2) is 0 Å². The number of carbonyl (C=O) groups is 2. The number of carbonyl (C=O) groups excluding carboxylic acids is 2. The van der Waals surface area contributed by atoms with Crippen LogP contribution in [-0.2, 0) is 14.3 Å². The normalized spacial score (nSPS) is 10.6. The molecule has 0 aromatic rings. The number of nitrogens with one attached hydrogen (secondary N) is 2. The van der Waals surface area contributed by atoms with Crippen LogP contribution in [0, 0.1) is 0 Å². The zero-order valence-corrected chi connectivity index (χ0v) is 9.83. The topological polar surface area (TPSA) is 76.7 Å². The largest absolute Gasteiger partial charge is 0.479 e. The van der Waals surface area contributed by atoms with Gasteiger partial charge in [0.25, 0.3) is 0 Å². The second-order valence-electron chi connectivity index (χ2n) is 2.68. The summed E-state index contributed by atoms with van der Waals surface area (Å²) in [5.41, 5.74) is 0. The number of esters is 1. The van der Waals surface area contributed by atoms with Gasteiger partial charge in [-0.15, -0.1) is 0 Å². The maximum Gasteiger partial charge on any atom is 0.336 e. The molecule has 16 heavy (non-hydrogen) atoms. The van der Waals surface area contributed by atoms with Crippen molar-refractivity contribution in [2.45, 2.75) is 20.8 Å². The number of amides is 2. The van der Waals surface area contributed by atoms with Crippen molar-refractivity contribution in [2.75, 3.05) is 19.8 Å². The van der Waals surface area contributed by atoms with Gasteiger partial charge in [-0.3, -0.25) is 5.32 Å². The molecule has 6 heteroatoms. The van der Waals surface area contributed by atoms with Crippen molar-refractivity contribution in [3.05, 3.63) is 12.0 Å². The van der Waals surface area contributed by atoms with Crippen LogP contribution in [0.1, 0.15) is 20.8 Å². The number of rotatable bonds is 6. The Morgan fingerprint density at radius 3 is 2.25 bits per heavy atom. The quantitative estimate of drug-likeness (QED) is 0.401. The first-order valence-corrected chi connectivity index (χ1v) is 5.20. The van der Waals surface area contributed by atoms with E-state index in [1.807, 2.05) is 0 Å². The Balaban J connectivity index is 4.35. The number of ether oxygens (including phenoxy) is 2. The molecule has 0 spiro atoms. The minimum absolute atomic E-state index is 0.0758. The molecule has 92 valence electrons. The van der Waals surface area contributed by atoms with E-state index in [4.69, 9.17) is 9.47 Å². The van der Waals surface area contributed by atoms with Crippen LogP contribution < -0.4 is 10.6 Å². The second kappa shape index (κ2) is 8.58. The Labute approximate surface area is 95.0 Å². The summed E-state index contributed by atoms with van der Waals surface area (Å²) in [6.07, 6.45) is 1.10. The highest BCUT2D eigenvalue weighted by molar-refractivity contribution is 5.84. The predicted octanol–water partition coefficient (Wildman–Crippen LogP) is 0.746. The molecular formula is C10H18N2O4. The van der Waals surface area contributed by atoms with E-state index in [9.17, 15) is 9.59 Å². The monoisotopic (exact) mass is 230 g/mol. The Morgan fingerprint density at radius 2 is 1.75 bits per heavy atom. The van der Waals surface area contributed by atoms with Gasteiger partial charge < -0.3 is 14.8 Å². The molecule has 0 unspecified atom stereocenters. The molecule has 6 nitrogen and oxygen atoms in total. The van der Waals surface area contributed by atoms with Crippen LogP contribution in [0.15, 0.2) is 12.0 Å². The van der Waals surface area contributed by atoms with Crippen molar-refractivity contribution in [1.29, 1.82) is 0 Å². The summed E-state index contributed by atoms with van der Waals surface area (Å²) >= 11 is 0. The zero-order valence-electron chi connectivity index (χ0n) is 9.83. The van der Waals surface area contributed by atoms with Crippen molar-refractivity contribution in [3.63, 3.8) is 0 Å². The van der Waals surface area contributed by atoms with Gasteiger partial charge in [0.1, 0.15) is 0 Å². The van der Waals surface area contributed by atoms with Crippen molar-refractivity contribution in [3.8, 4) is 0 Å². The SMILES string of the molecule is CCNC(=O)N/C(=C\C(=O)OCC)OCC. The Bertz CT molecular complexity index is 264. The average molecular weight is 230 g/mol. The lowest BCUT2D eigenvalue weighted by Crippen LogP contribution is -2.35. The highest BCUT2D eigenvalue weighted by Gasteiger charge is 2.06. The van der Waals surface area contributed by atoms with E-state index in [1.165, 1.54) is 0 Å². The van der Waals surface area contributed by atoms with E-state index >= 15 is 0 Å². The first-order chi connectivity index (χ1) is 7.63. The molecule has 0 aliphatic rings. The van der Waals surface area contributed by atoms with E-state index in [2.05, 4.69) is 10.6 Å².